The van der Waals surface area contributed by atoms with E-state index in [-0.39, 0.29) is 23.3 Å². The second-order valence-corrected chi connectivity index (χ2v) is 7.02. The highest BCUT2D eigenvalue weighted by Crippen LogP contribution is 2.43. The summed E-state index contributed by atoms with van der Waals surface area (Å²) in [7, 11) is 0. The molecule has 0 aromatic rings. The number of amides is 2. The molecule has 2 fully saturated rings. The molecule has 5 nitrogen and oxygen atoms in total. The maximum atomic E-state index is 12.0. The second kappa shape index (κ2) is 6.67. The minimum absolute atomic E-state index is 0.147. The molecule has 0 spiro atoms. The van der Waals surface area contributed by atoms with E-state index in [2.05, 4.69) is 17.6 Å². The first-order valence-corrected chi connectivity index (χ1v) is 8.23. The molecule has 0 aromatic heterocycles. The minimum atomic E-state index is -0.771. The van der Waals surface area contributed by atoms with E-state index in [0.29, 0.717) is 6.54 Å². The lowest BCUT2D eigenvalue weighted by Crippen LogP contribution is -2.48. The molecule has 2 aliphatic carbocycles. The van der Waals surface area contributed by atoms with Crippen molar-refractivity contribution >= 4 is 12.0 Å². The van der Waals surface area contributed by atoms with Crippen molar-refractivity contribution in [3.63, 3.8) is 0 Å². The molecule has 0 unspecified atom stereocenters. The van der Waals surface area contributed by atoms with E-state index >= 15 is 0 Å². The highest BCUT2D eigenvalue weighted by molar-refractivity contribution is 5.74. The van der Waals surface area contributed by atoms with Crippen molar-refractivity contribution in [1.82, 2.24) is 10.6 Å². The van der Waals surface area contributed by atoms with Crippen molar-refractivity contribution in [3.05, 3.63) is 0 Å². The van der Waals surface area contributed by atoms with Crippen LogP contribution in [0.2, 0.25) is 0 Å². The molecule has 0 heterocycles. The second-order valence-electron chi connectivity index (χ2n) is 7.02. The van der Waals surface area contributed by atoms with Crippen molar-refractivity contribution in [2.45, 2.75) is 64.7 Å². The standard InChI is InChI=1S/C16H28N2O3/c1-2-15(6-3-4-7-15)11-17-14(21)18-12-16(8-5-9-16)10-13(19)20/h2-12H2,1H3,(H,19,20)(H2,17,18,21). The molecule has 120 valence electrons. The number of hydrogen-bond donors (Lipinski definition) is 3. The summed E-state index contributed by atoms with van der Waals surface area (Å²) >= 11 is 0. The Balaban J connectivity index is 1.73. The van der Waals surface area contributed by atoms with Crippen LogP contribution in [0.25, 0.3) is 0 Å². The number of nitrogens with one attached hydrogen (secondary N) is 2. The normalized spacial score (nSPS) is 22.3. The molecule has 2 saturated carbocycles. The molecule has 0 aliphatic heterocycles. The molecule has 2 aliphatic rings. The van der Waals surface area contributed by atoms with Gasteiger partial charge in [-0.1, -0.05) is 26.2 Å². The summed E-state index contributed by atoms with van der Waals surface area (Å²) < 4.78 is 0. The third kappa shape index (κ3) is 4.11. The lowest BCUT2D eigenvalue weighted by atomic mass is 9.66. The number of urea groups is 1. The molecule has 5 heteroatoms. The smallest absolute Gasteiger partial charge is 0.314 e. The summed E-state index contributed by atoms with van der Waals surface area (Å²) in [6.07, 6.45) is 9.06. The zero-order chi connectivity index (χ0) is 15.3. The van der Waals surface area contributed by atoms with Crippen LogP contribution in [0.4, 0.5) is 4.79 Å². The quantitative estimate of drug-likeness (QED) is 0.676. The fraction of sp³-hybridized carbons (Fsp3) is 0.875. The van der Waals surface area contributed by atoms with Crippen LogP contribution in [-0.4, -0.2) is 30.2 Å². The maximum absolute atomic E-state index is 12.0. The Morgan fingerprint density at radius 2 is 1.48 bits per heavy atom. The molecular weight excluding hydrogens is 268 g/mol. The molecule has 0 radical (unpaired) electrons. The highest BCUT2D eigenvalue weighted by Gasteiger charge is 2.39. The molecule has 0 atom stereocenters. The van der Waals surface area contributed by atoms with E-state index < -0.39 is 5.97 Å². The van der Waals surface area contributed by atoms with Crippen molar-refractivity contribution in [1.29, 1.82) is 0 Å². The molecule has 0 aromatic carbocycles. The average Bonchev–Trinajstić information content (AvgIpc) is 2.88. The van der Waals surface area contributed by atoms with Crippen LogP contribution in [0.1, 0.15) is 64.7 Å². The molecule has 3 N–H and O–H groups in total. The minimum Gasteiger partial charge on any atom is -0.481 e. The number of aliphatic carboxylic acids is 1. The van der Waals surface area contributed by atoms with E-state index in [1.54, 1.807) is 0 Å². The Kier molecular flexibility index (Phi) is 5.12. The Labute approximate surface area is 126 Å². The number of carboxylic acid groups (broad SMARTS) is 1. The van der Waals surface area contributed by atoms with Crippen molar-refractivity contribution in [3.8, 4) is 0 Å². The Hall–Kier alpha value is -1.26. The average molecular weight is 296 g/mol. The Morgan fingerprint density at radius 3 is 1.90 bits per heavy atom. The zero-order valence-corrected chi connectivity index (χ0v) is 13.0. The number of carbonyl (C=O) groups is 2. The SMILES string of the molecule is CCC1(CNC(=O)NCC2(CC(=O)O)CCC2)CCCC1. The van der Waals surface area contributed by atoms with Gasteiger partial charge in [0.2, 0.25) is 0 Å². The van der Waals surface area contributed by atoms with Gasteiger partial charge in [-0.3, -0.25) is 4.79 Å². The molecule has 2 rings (SSSR count). The zero-order valence-electron chi connectivity index (χ0n) is 13.0. The predicted molar refractivity (Wildman–Crippen MR) is 81.1 cm³/mol. The molecule has 2 amide bonds. The fourth-order valence-corrected chi connectivity index (χ4v) is 3.79. The van der Waals surface area contributed by atoms with Gasteiger partial charge in [0.15, 0.2) is 0 Å². The number of carbonyl (C=O) groups excluding carboxylic acids is 1. The van der Waals surface area contributed by atoms with Gasteiger partial charge >= 0.3 is 12.0 Å². The van der Waals surface area contributed by atoms with Crippen molar-refractivity contribution < 1.29 is 14.7 Å². The van der Waals surface area contributed by atoms with Crippen molar-refractivity contribution in [2.75, 3.05) is 13.1 Å². The maximum Gasteiger partial charge on any atom is 0.314 e. The van der Waals surface area contributed by atoms with Gasteiger partial charge in [-0.15, -0.1) is 0 Å². The third-order valence-electron chi connectivity index (χ3n) is 5.60. The molecular formula is C16H28N2O3. The van der Waals surface area contributed by atoms with E-state index in [1.807, 2.05) is 0 Å². The summed E-state index contributed by atoms with van der Waals surface area (Å²) in [5.41, 5.74) is 0.0749. The Morgan fingerprint density at radius 1 is 0.952 bits per heavy atom. The number of rotatable bonds is 7. The van der Waals surface area contributed by atoms with E-state index in [9.17, 15) is 9.59 Å². The van der Waals surface area contributed by atoms with E-state index in [1.165, 1.54) is 25.7 Å². The van der Waals surface area contributed by atoms with Crippen LogP contribution in [0, 0.1) is 10.8 Å². The van der Waals surface area contributed by atoms with Gasteiger partial charge in [0.25, 0.3) is 0 Å². The van der Waals surface area contributed by atoms with Crippen molar-refractivity contribution in [2.24, 2.45) is 10.8 Å². The van der Waals surface area contributed by atoms with Gasteiger partial charge in [-0.25, -0.2) is 4.79 Å². The van der Waals surface area contributed by atoms with Gasteiger partial charge in [0.1, 0.15) is 0 Å². The first kappa shape index (κ1) is 16.1. The monoisotopic (exact) mass is 296 g/mol. The summed E-state index contributed by atoms with van der Waals surface area (Å²) in [4.78, 5) is 22.9. The van der Waals surface area contributed by atoms with Crippen LogP contribution < -0.4 is 10.6 Å². The predicted octanol–water partition coefficient (Wildman–Crippen LogP) is 2.90. The molecule has 21 heavy (non-hydrogen) atoms. The Bertz CT molecular complexity index is 385. The lowest BCUT2D eigenvalue weighted by molar-refractivity contribution is -0.141. The highest BCUT2D eigenvalue weighted by atomic mass is 16.4. The summed E-state index contributed by atoms with van der Waals surface area (Å²) in [6.45, 7) is 3.41. The van der Waals surface area contributed by atoms with Crippen LogP contribution in [0.3, 0.4) is 0 Å². The van der Waals surface area contributed by atoms with Crippen LogP contribution in [-0.2, 0) is 4.79 Å². The summed E-state index contributed by atoms with van der Waals surface area (Å²) in [5.74, 6) is -0.771. The first-order valence-electron chi connectivity index (χ1n) is 8.23. The van der Waals surface area contributed by atoms with Gasteiger partial charge < -0.3 is 15.7 Å². The number of hydrogen-bond acceptors (Lipinski definition) is 2. The first-order chi connectivity index (χ1) is 9.99. The third-order valence-corrected chi connectivity index (χ3v) is 5.60. The van der Waals surface area contributed by atoms with Gasteiger partial charge in [-0.05, 0) is 42.9 Å². The van der Waals surface area contributed by atoms with Gasteiger partial charge in [-0.2, -0.15) is 0 Å². The summed E-state index contributed by atoms with van der Waals surface area (Å²) in [6, 6.07) is -0.147. The van der Waals surface area contributed by atoms with Crippen LogP contribution in [0.5, 0.6) is 0 Å². The van der Waals surface area contributed by atoms with Crippen LogP contribution in [0.15, 0.2) is 0 Å². The lowest BCUT2D eigenvalue weighted by Gasteiger charge is -2.40. The molecule has 0 saturated heterocycles. The van der Waals surface area contributed by atoms with Gasteiger partial charge in [0.05, 0.1) is 6.42 Å². The molecule has 0 bridgehead atoms. The topological polar surface area (TPSA) is 78.4 Å². The van der Waals surface area contributed by atoms with Crippen LogP contribution >= 0.6 is 0 Å². The number of carboxylic acids is 1. The van der Waals surface area contributed by atoms with Gasteiger partial charge in [0, 0.05) is 13.1 Å². The van der Waals surface area contributed by atoms with E-state index in [4.69, 9.17) is 5.11 Å². The summed E-state index contributed by atoms with van der Waals surface area (Å²) in [5, 5.41) is 14.8. The largest absolute Gasteiger partial charge is 0.481 e. The van der Waals surface area contributed by atoms with E-state index in [0.717, 1.165) is 32.2 Å². The fourth-order valence-electron chi connectivity index (χ4n) is 3.79.